The van der Waals surface area contributed by atoms with Crippen LogP contribution in [0.4, 0.5) is 10.5 Å². The van der Waals surface area contributed by atoms with Crippen molar-refractivity contribution in [3.05, 3.63) is 29.8 Å². The third-order valence-corrected chi connectivity index (χ3v) is 2.20. The Morgan fingerprint density at radius 1 is 1.41 bits per heavy atom. The van der Waals surface area contributed by atoms with Crippen molar-refractivity contribution >= 4 is 11.8 Å². The van der Waals surface area contributed by atoms with Crippen LogP contribution in [-0.2, 0) is 11.3 Å². The number of nitrogens with zero attached hydrogens (tertiary/aromatic N) is 1. The number of amides is 1. The lowest BCUT2D eigenvalue weighted by molar-refractivity contribution is 0.0589. The van der Waals surface area contributed by atoms with Crippen molar-refractivity contribution in [2.24, 2.45) is 5.73 Å². The van der Waals surface area contributed by atoms with Gasteiger partial charge in [0.2, 0.25) is 0 Å². The Kier molecular flexibility index (Phi) is 4.12. The summed E-state index contributed by atoms with van der Waals surface area (Å²) in [5, 5.41) is 0. The van der Waals surface area contributed by atoms with E-state index >= 15 is 0 Å². The Morgan fingerprint density at radius 3 is 2.59 bits per heavy atom. The van der Waals surface area contributed by atoms with Gasteiger partial charge in [-0.2, -0.15) is 0 Å². The van der Waals surface area contributed by atoms with Gasteiger partial charge in [0, 0.05) is 19.3 Å². The van der Waals surface area contributed by atoms with E-state index in [2.05, 4.69) is 0 Å². The molecule has 0 aliphatic heterocycles. The second-order valence-corrected chi connectivity index (χ2v) is 4.91. The molecule has 1 aromatic rings. The van der Waals surface area contributed by atoms with E-state index in [1.807, 2.05) is 45.0 Å². The molecule has 94 valence electrons. The van der Waals surface area contributed by atoms with Crippen LogP contribution < -0.4 is 10.6 Å². The maximum Gasteiger partial charge on any atom is 0.414 e. The Balaban J connectivity index is 2.81. The molecule has 17 heavy (non-hydrogen) atoms. The highest BCUT2D eigenvalue weighted by Gasteiger charge is 2.20. The summed E-state index contributed by atoms with van der Waals surface area (Å²) in [7, 11) is 1.68. The predicted molar refractivity (Wildman–Crippen MR) is 69.0 cm³/mol. The van der Waals surface area contributed by atoms with E-state index in [4.69, 9.17) is 10.5 Å². The highest BCUT2D eigenvalue weighted by molar-refractivity contribution is 5.87. The highest BCUT2D eigenvalue weighted by atomic mass is 16.6. The van der Waals surface area contributed by atoms with E-state index in [9.17, 15) is 4.79 Å². The summed E-state index contributed by atoms with van der Waals surface area (Å²) < 4.78 is 5.28. The van der Waals surface area contributed by atoms with Crippen molar-refractivity contribution in [1.29, 1.82) is 0 Å². The lowest BCUT2D eigenvalue weighted by Crippen LogP contribution is -2.34. The summed E-state index contributed by atoms with van der Waals surface area (Å²) in [5.74, 6) is 0. The number of ether oxygens (including phenoxy) is 1. The molecule has 0 heterocycles. The quantitative estimate of drug-likeness (QED) is 0.858. The maximum absolute atomic E-state index is 11.8. The third kappa shape index (κ3) is 4.07. The van der Waals surface area contributed by atoms with Gasteiger partial charge in [0.05, 0.1) is 0 Å². The number of benzene rings is 1. The van der Waals surface area contributed by atoms with Crippen LogP contribution in [0.3, 0.4) is 0 Å². The van der Waals surface area contributed by atoms with Gasteiger partial charge in [-0.05, 0) is 38.5 Å². The summed E-state index contributed by atoms with van der Waals surface area (Å²) in [6.45, 7) is 5.98. The third-order valence-electron chi connectivity index (χ3n) is 2.20. The average Bonchev–Trinajstić information content (AvgIpc) is 2.26. The number of carbonyl (C=O) groups excluding carboxylic acids is 1. The van der Waals surface area contributed by atoms with E-state index in [1.54, 1.807) is 7.05 Å². The number of hydrogen-bond donors (Lipinski definition) is 1. The average molecular weight is 236 g/mol. The molecule has 0 aliphatic carbocycles. The summed E-state index contributed by atoms with van der Waals surface area (Å²) in [6.07, 6.45) is -0.369. The summed E-state index contributed by atoms with van der Waals surface area (Å²) in [6, 6.07) is 7.53. The number of nitrogens with two attached hydrogens (primary N) is 1. The predicted octanol–water partition coefficient (Wildman–Crippen LogP) is 2.52. The minimum atomic E-state index is -0.489. The molecule has 0 bridgehead atoms. The van der Waals surface area contributed by atoms with Crippen LogP contribution in [0.15, 0.2) is 24.3 Å². The molecule has 2 N–H and O–H groups in total. The fraction of sp³-hybridized carbons (Fsp3) is 0.462. The molecule has 0 spiro atoms. The second kappa shape index (κ2) is 5.19. The molecule has 0 unspecified atom stereocenters. The van der Waals surface area contributed by atoms with Gasteiger partial charge in [0.15, 0.2) is 0 Å². The van der Waals surface area contributed by atoms with Crippen molar-refractivity contribution in [2.75, 3.05) is 11.9 Å². The highest BCUT2D eigenvalue weighted by Crippen LogP contribution is 2.17. The first-order chi connectivity index (χ1) is 7.83. The van der Waals surface area contributed by atoms with E-state index in [0.717, 1.165) is 11.3 Å². The van der Waals surface area contributed by atoms with Crippen LogP contribution in [0, 0.1) is 0 Å². The molecule has 0 saturated carbocycles. The molecular weight excluding hydrogens is 216 g/mol. The van der Waals surface area contributed by atoms with Gasteiger partial charge in [-0.1, -0.05) is 12.1 Å². The van der Waals surface area contributed by atoms with Crippen molar-refractivity contribution in [3.8, 4) is 0 Å². The molecule has 1 aromatic carbocycles. The van der Waals surface area contributed by atoms with Crippen LogP contribution >= 0.6 is 0 Å². The van der Waals surface area contributed by atoms with Crippen molar-refractivity contribution < 1.29 is 9.53 Å². The normalized spacial score (nSPS) is 11.1. The molecule has 0 fully saturated rings. The van der Waals surface area contributed by atoms with Crippen LogP contribution in [0.1, 0.15) is 26.3 Å². The number of anilines is 1. The fourth-order valence-corrected chi connectivity index (χ4v) is 1.33. The zero-order chi connectivity index (χ0) is 13.1. The standard InChI is InChI=1S/C13H20N2O2/c1-13(2,3)17-12(16)15(4)11-7-5-6-10(8-11)9-14/h5-8H,9,14H2,1-4H3. The Bertz CT molecular complexity index is 397. The monoisotopic (exact) mass is 236 g/mol. The van der Waals surface area contributed by atoms with Crippen molar-refractivity contribution in [3.63, 3.8) is 0 Å². The molecule has 0 aromatic heterocycles. The molecule has 1 amide bonds. The summed E-state index contributed by atoms with van der Waals surface area (Å²) in [5.41, 5.74) is 6.84. The van der Waals surface area contributed by atoms with Crippen LogP contribution in [-0.4, -0.2) is 18.7 Å². The number of hydrogen-bond acceptors (Lipinski definition) is 3. The Hall–Kier alpha value is -1.55. The zero-order valence-electron chi connectivity index (χ0n) is 10.9. The molecule has 1 rings (SSSR count). The van der Waals surface area contributed by atoms with Crippen LogP contribution in [0.2, 0.25) is 0 Å². The maximum atomic E-state index is 11.8. The fourth-order valence-electron chi connectivity index (χ4n) is 1.33. The van der Waals surface area contributed by atoms with E-state index < -0.39 is 5.60 Å². The SMILES string of the molecule is CN(C(=O)OC(C)(C)C)c1cccc(CN)c1. The molecular formula is C13H20N2O2. The number of carbonyl (C=O) groups is 1. The van der Waals surface area contributed by atoms with Gasteiger partial charge in [0.1, 0.15) is 5.60 Å². The van der Waals surface area contributed by atoms with Gasteiger partial charge in [-0.15, -0.1) is 0 Å². The first-order valence-electron chi connectivity index (χ1n) is 5.59. The minimum Gasteiger partial charge on any atom is -0.443 e. The van der Waals surface area contributed by atoms with Crippen molar-refractivity contribution in [1.82, 2.24) is 0 Å². The molecule has 0 atom stereocenters. The van der Waals surface area contributed by atoms with Gasteiger partial charge in [-0.25, -0.2) is 4.79 Å². The molecule has 0 saturated heterocycles. The molecule has 0 radical (unpaired) electrons. The first-order valence-corrected chi connectivity index (χ1v) is 5.59. The topological polar surface area (TPSA) is 55.6 Å². The first kappa shape index (κ1) is 13.5. The van der Waals surface area contributed by atoms with Gasteiger partial charge < -0.3 is 10.5 Å². The Morgan fingerprint density at radius 2 is 2.06 bits per heavy atom. The van der Waals surface area contributed by atoms with E-state index in [0.29, 0.717) is 6.54 Å². The summed E-state index contributed by atoms with van der Waals surface area (Å²) in [4.78, 5) is 13.3. The molecule has 4 nitrogen and oxygen atoms in total. The van der Waals surface area contributed by atoms with E-state index in [-0.39, 0.29) is 6.09 Å². The van der Waals surface area contributed by atoms with Gasteiger partial charge >= 0.3 is 6.09 Å². The zero-order valence-corrected chi connectivity index (χ0v) is 10.9. The lowest BCUT2D eigenvalue weighted by Gasteiger charge is -2.24. The van der Waals surface area contributed by atoms with Crippen LogP contribution in [0.25, 0.3) is 0 Å². The molecule has 4 heteroatoms. The van der Waals surface area contributed by atoms with Gasteiger partial charge in [0.25, 0.3) is 0 Å². The number of rotatable bonds is 2. The molecule has 0 aliphatic rings. The van der Waals surface area contributed by atoms with E-state index in [1.165, 1.54) is 4.90 Å². The second-order valence-electron chi connectivity index (χ2n) is 4.91. The smallest absolute Gasteiger partial charge is 0.414 e. The minimum absolute atomic E-state index is 0.369. The van der Waals surface area contributed by atoms with Crippen LogP contribution in [0.5, 0.6) is 0 Å². The largest absolute Gasteiger partial charge is 0.443 e. The Labute approximate surface area is 102 Å². The van der Waals surface area contributed by atoms with Crippen molar-refractivity contribution in [2.45, 2.75) is 32.9 Å². The lowest BCUT2D eigenvalue weighted by atomic mass is 10.2. The van der Waals surface area contributed by atoms with Gasteiger partial charge in [-0.3, -0.25) is 4.90 Å². The summed E-state index contributed by atoms with van der Waals surface area (Å²) >= 11 is 0.